The highest BCUT2D eigenvalue weighted by Crippen LogP contribution is 2.26. The van der Waals surface area contributed by atoms with Crippen molar-refractivity contribution in [3.63, 3.8) is 0 Å². The zero-order chi connectivity index (χ0) is 20.1. The van der Waals surface area contributed by atoms with Crippen molar-refractivity contribution in [2.45, 2.75) is 43.5 Å². The monoisotopic (exact) mass is 408 g/mol. The third kappa shape index (κ3) is 5.08. The molecule has 0 unspecified atom stereocenters. The lowest BCUT2D eigenvalue weighted by Gasteiger charge is -2.30. The van der Waals surface area contributed by atoms with Crippen LogP contribution in [0.5, 0.6) is 0 Å². The average molecular weight is 409 g/mol. The van der Waals surface area contributed by atoms with Crippen LogP contribution in [-0.4, -0.2) is 32.2 Å². The van der Waals surface area contributed by atoms with Crippen molar-refractivity contribution in [3.05, 3.63) is 59.7 Å². The molecule has 2 aromatic rings. The topological polar surface area (TPSA) is 49.4 Å². The number of nitrogens with zero attached hydrogens (tertiary/aromatic N) is 1. The summed E-state index contributed by atoms with van der Waals surface area (Å²) in [6, 6.07) is 13.9. The predicted octanol–water partition coefficient (Wildman–Crippen LogP) is 4.53. The van der Waals surface area contributed by atoms with Gasteiger partial charge in [-0.1, -0.05) is 43.3 Å². The smallest absolute Gasteiger partial charge is 0.341 e. The maximum atomic E-state index is 12.9. The van der Waals surface area contributed by atoms with Gasteiger partial charge in [0.2, 0.25) is 9.84 Å². The fourth-order valence-electron chi connectivity index (χ4n) is 3.39. The van der Waals surface area contributed by atoms with E-state index in [0.717, 1.165) is 31.1 Å². The zero-order valence-corrected chi connectivity index (χ0v) is 16.8. The van der Waals surface area contributed by atoms with E-state index in [9.17, 15) is 17.2 Å². The summed E-state index contributed by atoms with van der Waals surface area (Å²) in [5, 5.41) is 2.97. The van der Waals surface area contributed by atoms with Crippen molar-refractivity contribution in [1.82, 2.24) is 4.90 Å². The molecule has 0 aliphatic carbocycles. The van der Waals surface area contributed by atoms with Gasteiger partial charge in [-0.15, -0.1) is 0 Å². The number of piperidine rings is 1. The molecule has 1 saturated heterocycles. The summed E-state index contributed by atoms with van der Waals surface area (Å²) < 4.78 is 49.4. The molecule has 28 heavy (non-hydrogen) atoms. The van der Waals surface area contributed by atoms with Gasteiger partial charge in [-0.2, -0.15) is 8.78 Å². The van der Waals surface area contributed by atoms with Crippen molar-refractivity contribution in [2.75, 3.05) is 18.4 Å². The standard InChI is InChI=1S/C21H26F2N2O2S/c1-16-10-12-25(13-11-16)15-18-8-6-17(7-9-18)14-24-19-4-2-3-5-20(19)28(26,27)21(22)23/h2-9,16,21,24H,10-15H2,1H3. The first-order valence-corrected chi connectivity index (χ1v) is 11.1. The number of hydrogen-bond donors (Lipinski definition) is 1. The van der Waals surface area contributed by atoms with Crippen molar-refractivity contribution in [1.29, 1.82) is 0 Å². The minimum Gasteiger partial charge on any atom is -0.380 e. The van der Waals surface area contributed by atoms with Crippen LogP contribution in [0.1, 0.15) is 30.9 Å². The second-order valence-electron chi connectivity index (χ2n) is 7.43. The number of alkyl halides is 2. The third-order valence-electron chi connectivity index (χ3n) is 5.22. The largest absolute Gasteiger partial charge is 0.380 e. The molecule has 1 fully saturated rings. The SMILES string of the molecule is CC1CCN(Cc2ccc(CNc3ccccc3S(=O)(=O)C(F)F)cc2)CC1. The van der Waals surface area contributed by atoms with E-state index in [2.05, 4.69) is 29.3 Å². The predicted molar refractivity (Wildman–Crippen MR) is 107 cm³/mol. The maximum Gasteiger partial charge on any atom is 0.341 e. The normalized spacial score (nSPS) is 16.4. The number of nitrogens with one attached hydrogen (secondary N) is 1. The molecule has 1 aliphatic rings. The summed E-state index contributed by atoms with van der Waals surface area (Å²) in [6.45, 7) is 5.83. The van der Waals surface area contributed by atoms with Crippen LogP contribution in [0.4, 0.5) is 14.5 Å². The van der Waals surface area contributed by atoms with Crippen molar-refractivity contribution in [2.24, 2.45) is 5.92 Å². The van der Waals surface area contributed by atoms with Crippen LogP contribution in [0, 0.1) is 5.92 Å². The van der Waals surface area contributed by atoms with Crippen molar-refractivity contribution >= 4 is 15.5 Å². The van der Waals surface area contributed by atoms with E-state index in [-0.39, 0.29) is 10.6 Å². The second kappa shape index (κ2) is 9.01. The van der Waals surface area contributed by atoms with Crippen LogP contribution in [0.25, 0.3) is 0 Å². The van der Waals surface area contributed by atoms with Crippen LogP contribution in [-0.2, 0) is 22.9 Å². The summed E-state index contributed by atoms with van der Waals surface area (Å²) in [7, 11) is -4.64. The Kier molecular flexibility index (Phi) is 6.67. The van der Waals surface area contributed by atoms with E-state index in [1.54, 1.807) is 6.07 Å². The number of halogens is 2. The van der Waals surface area contributed by atoms with Crippen LogP contribution < -0.4 is 5.32 Å². The minimum absolute atomic E-state index is 0.189. The molecule has 1 N–H and O–H groups in total. The Bertz CT molecular complexity index is 878. The number of rotatable bonds is 7. The number of sulfone groups is 1. The molecule has 1 heterocycles. The summed E-state index contributed by atoms with van der Waals surface area (Å²) in [5.74, 6) is -2.63. The minimum atomic E-state index is -4.64. The summed E-state index contributed by atoms with van der Waals surface area (Å²) in [6.07, 6.45) is 2.48. The molecule has 0 atom stereocenters. The third-order valence-corrected chi connectivity index (χ3v) is 6.65. The van der Waals surface area contributed by atoms with E-state index < -0.39 is 15.6 Å². The van der Waals surface area contributed by atoms with Gasteiger partial charge in [0.1, 0.15) is 0 Å². The number of hydrogen-bond acceptors (Lipinski definition) is 4. The van der Waals surface area contributed by atoms with Crippen LogP contribution in [0.2, 0.25) is 0 Å². The maximum absolute atomic E-state index is 12.9. The van der Waals surface area contributed by atoms with E-state index >= 15 is 0 Å². The van der Waals surface area contributed by atoms with Crippen LogP contribution in [0.3, 0.4) is 0 Å². The molecule has 0 spiro atoms. The van der Waals surface area contributed by atoms with Gasteiger partial charge >= 0.3 is 5.76 Å². The molecular weight excluding hydrogens is 382 g/mol. The lowest BCUT2D eigenvalue weighted by molar-refractivity contribution is 0.185. The highest BCUT2D eigenvalue weighted by molar-refractivity contribution is 7.91. The number of likely N-dealkylation sites (tertiary alicyclic amines) is 1. The highest BCUT2D eigenvalue weighted by Gasteiger charge is 2.28. The van der Waals surface area contributed by atoms with Crippen molar-refractivity contribution in [3.8, 4) is 0 Å². The summed E-state index contributed by atoms with van der Waals surface area (Å²) >= 11 is 0. The average Bonchev–Trinajstić information content (AvgIpc) is 2.69. The Labute approximate surface area is 165 Å². The first-order valence-electron chi connectivity index (χ1n) is 9.51. The Hall–Kier alpha value is -1.99. The fraction of sp³-hybridized carbons (Fsp3) is 0.429. The number of para-hydroxylation sites is 1. The van der Waals surface area contributed by atoms with Gasteiger partial charge in [-0.3, -0.25) is 4.90 Å². The molecule has 0 radical (unpaired) electrons. The molecule has 0 bridgehead atoms. The molecule has 0 aromatic heterocycles. The lowest BCUT2D eigenvalue weighted by Crippen LogP contribution is -2.32. The Morgan fingerprint density at radius 1 is 1.04 bits per heavy atom. The van der Waals surface area contributed by atoms with Gasteiger partial charge in [-0.05, 0) is 55.1 Å². The lowest BCUT2D eigenvalue weighted by atomic mass is 9.99. The van der Waals surface area contributed by atoms with Gasteiger partial charge in [0.25, 0.3) is 0 Å². The molecular formula is C21H26F2N2O2S. The second-order valence-corrected chi connectivity index (χ2v) is 9.32. The quantitative estimate of drug-likeness (QED) is 0.731. The first-order chi connectivity index (χ1) is 13.4. The van der Waals surface area contributed by atoms with Crippen LogP contribution >= 0.6 is 0 Å². The molecule has 0 saturated carbocycles. The fourth-order valence-corrected chi connectivity index (χ4v) is 4.30. The number of benzene rings is 2. The molecule has 3 rings (SSSR count). The number of anilines is 1. The highest BCUT2D eigenvalue weighted by atomic mass is 32.2. The molecule has 152 valence electrons. The van der Waals surface area contributed by atoms with E-state index in [1.807, 2.05) is 12.1 Å². The van der Waals surface area contributed by atoms with Gasteiger partial charge in [-0.25, -0.2) is 8.42 Å². The van der Waals surface area contributed by atoms with Crippen LogP contribution in [0.15, 0.2) is 53.4 Å². The molecule has 2 aromatic carbocycles. The summed E-state index contributed by atoms with van der Waals surface area (Å²) in [5.41, 5.74) is 2.38. The van der Waals surface area contributed by atoms with E-state index in [4.69, 9.17) is 0 Å². The molecule has 7 heteroatoms. The molecule has 4 nitrogen and oxygen atoms in total. The Balaban J connectivity index is 1.62. The Morgan fingerprint density at radius 2 is 1.64 bits per heavy atom. The summed E-state index contributed by atoms with van der Waals surface area (Å²) in [4.78, 5) is 2.08. The van der Waals surface area contributed by atoms with Crippen molar-refractivity contribution < 1.29 is 17.2 Å². The van der Waals surface area contributed by atoms with E-state index in [1.165, 1.54) is 36.6 Å². The Morgan fingerprint density at radius 3 is 2.29 bits per heavy atom. The van der Waals surface area contributed by atoms with Gasteiger partial charge in [0, 0.05) is 13.1 Å². The van der Waals surface area contributed by atoms with E-state index in [0.29, 0.717) is 6.54 Å². The zero-order valence-electron chi connectivity index (χ0n) is 15.9. The first kappa shape index (κ1) is 20.7. The molecule has 0 amide bonds. The van der Waals surface area contributed by atoms with Gasteiger partial charge in [0.15, 0.2) is 0 Å². The van der Waals surface area contributed by atoms with Gasteiger partial charge in [0.05, 0.1) is 10.6 Å². The molecule has 1 aliphatic heterocycles. The van der Waals surface area contributed by atoms with Gasteiger partial charge < -0.3 is 5.32 Å².